The van der Waals surface area contributed by atoms with Crippen molar-refractivity contribution < 1.29 is 18.7 Å². The summed E-state index contributed by atoms with van der Waals surface area (Å²) >= 11 is 0. The summed E-state index contributed by atoms with van der Waals surface area (Å²) in [6.07, 6.45) is 10.5. The first-order chi connectivity index (χ1) is 19.8. The monoisotopic (exact) mass is 555 g/mol. The van der Waals surface area contributed by atoms with Crippen molar-refractivity contribution in [2.75, 3.05) is 30.4 Å². The molecule has 7 rings (SSSR count). The van der Waals surface area contributed by atoms with Gasteiger partial charge in [0.2, 0.25) is 11.9 Å². The van der Waals surface area contributed by atoms with E-state index in [1.807, 2.05) is 0 Å². The number of hydrogen-bond acceptors (Lipinski definition) is 8. The Kier molecular flexibility index (Phi) is 5.81. The fraction of sp³-hybridized carbons (Fsp3) is 0.333. The summed E-state index contributed by atoms with van der Waals surface area (Å²) in [6.45, 7) is 1.34. The zero-order chi connectivity index (χ0) is 28.5. The molecule has 4 aromatic rings. The number of pyridine rings is 1. The largest absolute Gasteiger partial charge is 0.508 e. The number of halogens is 2. The minimum Gasteiger partial charge on any atom is -0.508 e. The number of terminal acetylenes is 1. The number of fused-ring (bicyclic) bond motifs is 4. The molecule has 1 aliphatic carbocycles. The van der Waals surface area contributed by atoms with Gasteiger partial charge < -0.3 is 20.6 Å². The van der Waals surface area contributed by atoms with Crippen LogP contribution >= 0.6 is 0 Å². The molecule has 0 spiro atoms. The molecule has 2 aliphatic heterocycles. The van der Waals surface area contributed by atoms with Gasteiger partial charge in [-0.3, -0.25) is 15.1 Å². The van der Waals surface area contributed by atoms with Gasteiger partial charge in [0, 0.05) is 42.3 Å². The van der Waals surface area contributed by atoms with Gasteiger partial charge in [-0.2, -0.15) is 4.98 Å². The fourth-order valence-corrected chi connectivity index (χ4v) is 6.19. The maximum absolute atomic E-state index is 16.6. The number of nitrogens with zero attached hydrogens (tertiary/aromatic N) is 4. The second-order valence-corrected chi connectivity index (χ2v) is 11.0. The number of likely N-dealkylation sites (N-methyl/N-ethyl adjacent to an activating group) is 1. The summed E-state index contributed by atoms with van der Waals surface area (Å²) in [5.41, 5.74) is -0.828. The number of aromatic nitrogens is 3. The van der Waals surface area contributed by atoms with Gasteiger partial charge in [0.15, 0.2) is 5.82 Å². The molecule has 2 atom stereocenters. The van der Waals surface area contributed by atoms with Crippen LogP contribution in [0, 0.1) is 24.0 Å². The van der Waals surface area contributed by atoms with Gasteiger partial charge in [-0.25, -0.2) is 13.8 Å². The molecule has 9 nitrogen and oxygen atoms in total. The topological polar surface area (TPSA) is 115 Å². The minimum atomic E-state index is -0.798. The summed E-state index contributed by atoms with van der Waals surface area (Å²) in [4.78, 5) is 28.7. The van der Waals surface area contributed by atoms with Crippen molar-refractivity contribution in [2.24, 2.45) is 0 Å². The fourth-order valence-electron chi connectivity index (χ4n) is 6.19. The smallest absolute Gasteiger partial charge is 0.247 e. The lowest BCUT2D eigenvalue weighted by atomic mass is 9.96. The third kappa shape index (κ3) is 4.13. The van der Waals surface area contributed by atoms with E-state index in [1.54, 1.807) is 7.05 Å². The SMILES string of the molecule is C#Cc1c(F)ccc2cc(O)cc(-c3ncc4c(N5C[C@H]6CC[C@@H](C5)N6)nc(NC(=O)C5(NC)CC5)nc4c3F)c12. The predicted molar refractivity (Wildman–Crippen MR) is 152 cm³/mol. The molecule has 1 amide bonds. The highest BCUT2D eigenvalue weighted by Crippen LogP contribution is 2.40. The number of amides is 1. The van der Waals surface area contributed by atoms with Gasteiger partial charge in [0.05, 0.1) is 16.5 Å². The second kappa shape index (κ2) is 9.33. The first-order valence-corrected chi connectivity index (χ1v) is 13.6. The minimum absolute atomic E-state index is 0.0166. The highest BCUT2D eigenvalue weighted by atomic mass is 19.1. The Hall–Kier alpha value is -4.40. The zero-order valence-electron chi connectivity index (χ0n) is 22.3. The van der Waals surface area contributed by atoms with Crippen LogP contribution in [0.15, 0.2) is 30.5 Å². The van der Waals surface area contributed by atoms with Crippen LogP contribution in [0.1, 0.15) is 31.2 Å². The first-order valence-electron chi connectivity index (χ1n) is 13.6. The molecule has 11 heteroatoms. The molecular formula is C30H27F2N7O2. The van der Waals surface area contributed by atoms with E-state index in [0.717, 1.165) is 12.8 Å². The van der Waals surface area contributed by atoms with Crippen molar-refractivity contribution in [3.8, 4) is 29.4 Å². The van der Waals surface area contributed by atoms with Gasteiger partial charge in [-0.1, -0.05) is 12.0 Å². The van der Waals surface area contributed by atoms with Crippen LogP contribution in [-0.4, -0.2) is 63.7 Å². The molecule has 4 N–H and O–H groups in total. The maximum atomic E-state index is 16.6. The molecule has 3 aliphatic rings. The Labute approximate surface area is 234 Å². The Morgan fingerprint density at radius 2 is 1.95 bits per heavy atom. The predicted octanol–water partition coefficient (Wildman–Crippen LogP) is 3.44. The number of hydrogen-bond donors (Lipinski definition) is 4. The average molecular weight is 556 g/mol. The van der Waals surface area contributed by atoms with Gasteiger partial charge in [0.1, 0.15) is 28.6 Å². The van der Waals surface area contributed by atoms with E-state index < -0.39 is 17.2 Å². The summed E-state index contributed by atoms with van der Waals surface area (Å²) in [7, 11) is 1.72. The van der Waals surface area contributed by atoms with Crippen LogP contribution in [-0.2, 0) is 4.79 Å². The standard InChI is InChI=1S/C30H27F2N7O2/c1-3-19-22(31)7-4-15-10-18(40)11-20(23(15)19)25-24(32)26-21(12-34-25)27(39-13-16-5-6-17(14-39)35-16)37-29(36-26)38-28(41)30(33-2)8-9-30/h1,4,7,10-12,16-17,33,35,40H,5-6,8-9,13-14H2,2H3,(H,36,37,38,41)/t16-,17+. The highest BCUT2D eigenvalue weighted by Gasteiger charge is 2.49. The second-order valence-electron chi connectivity index (χ2n) is 11.0. The lowest BCUT2D eigenvalue weighted by Gasteiger charge is -2.34. The summed E-state index contributed by atoms with van der Waals surface area (Å²) < 4.78 is 31.3. The molecule has 2 saturated heterocycles. The van der Waals surface area contributed by atoms with Crippen LogP contribution in [0.25, 0.3) is 32.9 Å². The van der Waals surface area contributed by atoms with Crippen molar-refractivity contribution in [3.05, 3.63) is 47.7 Å². The number of piperazine rings is 1. The van der Waals surface area contributed by atoms with E-state index in [1.165, 1.54) is 30.5 Å². The Morgan fingerprint density at radius 1 is 1.20 bits per heavy atom. The zero-order valence-corrected chi connectivity index (χ0v) is 22.3. The van der Waals surface area contributed by atoms with E-state index >= 15 is 4.39 Å². The quantitative estimate of drug-likeness (QED) is 0.277. The maximum Gasteiger partial charge on any atom is 0.247 e. The number of nitrogens with one attached hydrogen (secondary N) is 3. The number of anilines is 2. The van der Waals surface area contributed by atoms with Gasteiger partial charge in [-0.05, 0) is 56.3 Å². The lowest BCUT2D eigenvalue weighted by Crippen LogP contribution is -2.51. The summed E-state index contributed by atoms with van der Waals surface area (Å²) in [5.74, 6) is 0.931. The van der Waals surface area contributed by atoms with Crippen molar-refractivity contribution in [3.63, 3.8) is 0 Å². The number of phenolic OH excluding ortho intramolecular Hbond substituents is 1. The van der Waals surface area contributed by atoms with Gasteiger partial charge in [-0.15, -0.1) is 6.42 Å². The average Bonchev–Trinajstić information content (AvgIpc) is 3.71. The molecule has 208 valence electrons. The van der Waals surface area contributed by atoms with E-state index in [9.17, 15) is 14.3 Å². The Bertz CT molecular complexity index is 1790. The van der Waals surface area contributed by atoms with Gasteiger partial charge in [0.25, 0.3) is 0 Å². The normalized spacial score (nSPS) is 20.8. The Morgan fingerprint density at radius 3 is 2.63 bits per heavy atom. The van der Waals surface area contributed by atoms with Gasteiger partial charge >= 0.3 is 0 Å². The molecule has 2 bridgehead atoms. The Balaban J connectivity index is 1.43. The third-order valence-corrected chi connectivity index (χ3v) is 8.52. The number of carbonyl (C=O) groups excluding carboxylic acids is 1. The van der Waals surface area contributed by atoms with Crippen LogP contribution in [0.4, 0.5) is 20.5 Å². The summed E-state index contributed by atoms with van der Waals surface area (Å²) in [5, 5.41) is 20.9. The van der Waals surface area contributed by atoms with Crippen LogP contribution in [0.2, 0.25) is 0 Å². The molecule has 0 radical (unpaired) electrons. The lowest BCUT2D eigenvalue weighted by molar-refractivity contribution is -0.119. The highest BCUT2D eigenvalue weighted by molar-refractivity contribution is 6.04. The van der Waals surface area contributed by atoms with Crippen molar-refractivity contribution in [1.29, 1.82) is 0 Å². The summed E-state index contributed by atoms with van der Waals surface area (Å²) in [6, 6.07) is 5.98. The molecule has 3 fully saturated rings. The molecule has 2 aromatic heterocycles. The first kappa shape index (κ1) is 25.6. The third-order valence-electron chi connectivity index (χ3n) is 8.52. The molecule has 2 aromatic carbocycles. The van der Waals surface area contributed by atoms with Crippen molar-refractivity contribution >= 4 is 39.3 Å². The van der Waals surface area contributed by atoms with Crippen molar-refractivity contribution in [1.82, 2.24) is 25.6 Å². The number of rotatable bonds is 5. The number of phenols is 1. The molecule has 1 saturated carbocycles. The van der Waals surface area contributed by atoms with Crippen LogP contribution < -0.4 is 20.9 Å². The van der Waals surface area contributed by atoms with E-state index in [0.29, 0.717) is 42.5 Å². The molecule has 41 heavy (non-hydrogen) atoms. The molecule has 0 unspecified atom stereocenters. The molecule has 4 heterocycles. The van der Waals surface area contributed by atoms with Crippen LogP contribution in [0.3, 0.4) is 0 Å². The van der Waals surface area contributed by atoms with Crippen LogP contribution in [0.5, 0.6) is 5.75 Å². The van der Waals surface area contributed by atoms with E-state index in [-0.39, 0.29) is 57.4 Å². The van der Waals surface area contributed by atoms with Crippen molar-refractivity contribution in [2.45, 2.75) is 43.3 Å². The molecular weight excluding hydrogens is 528 g/mol. The number of benzene rings is 2. The number of carbonyl (C=O) groups is 1. The van der Waals surface area contributed by atoms with E-state index in [4.69, 9.17) is 6.42 Å². The number of aromatic hydroxyl groups is 1. The van der Waals surface area contributed by atoms with E-state index in [2.05, 4.69) is 41.7 Å².